The molecule has 0 radical (unpaired) electrons. The van der Waals surface area contributed by atoms with Crippen LogP contribution in [0.15, 0.2) is 0 Å². The lowest BCUT2D eigenvalue weighted by Crippen LogP contribution is -2.68. The zero-order chi connectivity index (χ0) is 14.1. The minimum absolute atomic E-state index is 0. The molecule has 108 valence electrons. The summed E-state index contributed by atoms with van der Waals surface area (Å²) >= 11 is 0. The molecule has 0 rings (SSSR count). The Morgan fingerprint density at radius 3 is 1.78 bits per heavy atom. The molecule has 0 aromatic carbocycles. The number of alkyl carbamates (subject to hydrolysis) is 1. The molecule has 6 nitrogen and oxygen atoms in total. The number of halogens is 1. The Bertz CT molecular complexity index is 321. The van der Waals surface area contributed by atoms with Gasteiger partial charge < -0.3 is 20.9 Å². The molecule has 0 aliphatic carbocycles. The van der Waals surface area contributed by atoms with Crippen molar-refractivity contribution in [2.75, 3.05) is 0 Å². The zero-order valence-corrected chi connectivity index (χ0v) is 12.5. The van der Waals surface area contributed by atoms with E-state index in [1.807, 2.05) is 0 Å². The van der Waals surface area contributed by atoms with Crippen LogP contribution < -0.4 is 11.1 Å². The van der Waals surface area contributed by atoms with Crippen LogP contribution >= 0.6 is 12.4 Å². The molecule has 7 heteroatoms. The molecule has 0 aliphatic heterocycles. The number of hydrogen-bond acceptors (Lipinski definition) is 4. The van der Waals surface area contributed by atoms with Gasteiger partial charge in [0, 0.05) is 0 Å². The quantitative estimate of drug-likeness (QED) is 0.728. The first-order chi connectivity index (χ1) is 7.29. The lowest BCUT2D eigenvalue weighted by molar-refractivity contribution is -0.145. The Balaban J connectivity index is 0. The fourth-order valence-electron chi connectivity index (χ4n) is 0.956. The van der Waals surface area contributed by atoms with E-state index in [0.29, 0.717) is 0 Å². The van der Waals surface area contributed by atoms with Gasteiger partial charge in [-0.05, 0) is 41.5 Å². The van der Waals surface area contributed by atoms with Crippen LogP contribution in [0.5, 0.6) is 0 Å². The third-order valence-electron chi connectivity index (χ3n) is 2.56. The topological polar surface area (TPSA) is 102 Å². The van der Waals surface area contributed by atoms with Crippen LogP contribution in [0.3, 0.4) is 0 Å². The molecule has 0 aromatic heterocycles. The SMILES string of the molecule is CC(C)(C)OC(=O)NC(C)(C)C(C)(N)C(=O)O.Cl. The maximum absolute atomic E-state index is 11.6. The first-order valence-corrected chi connectivity index (χ1v) is 5.33. The normalized spacial score (nSPS) is 15.1. The van der Waals surface area contributed by atoms with E-state index in [1.165, 1.54) is 20.8 Å². The van der Waals surface area contributed by atoms with E-state index in [2.05, 4.69) is 5.32 Å². The molecule has 1 unspecified atom stereocenters. The van der Waals surface area contributed by atoms with Gasteiger partial charge in [0.05, 0.1) is 5.54 Å². The largest absolute Gasteiger partial charge is 0.480 e. The first kappa shape index (κ1) is 19.3. The van der Waals surface area contributed by atoms with Crippen molar-refractivity contribution >= 4 is 24.5 Å². The molecule has 4 N–H and O–H groups in total. The molecular formula is C11H23ClN2O4. The molecule has 0 aliphatic rings. The molecule has 0 fully saturated rings. The summed E-state index contributed by atoms with van der Waals surface area (Å²) in [6.45, 7) is 9.57. The highest BCUT2D eigenvalue weighted by atomic mass is 35.5. The van der Waals surface area contributed by atoms with Gasteiger partial charge in [0.15, 0.2) is 0 Å². The van der Waals surface area contributed by atoms with Crippen molar-refractivity contribution in [2.24, 2.45) is 5.73 Å². The Hall–Kier alpha value is -1.01. The zero-order valence-electron chi connectivity index (χ0n) is 11.7. The number of hydrogen-bond donors (Lipinski definition) is 3. The van der Waals surface area contributed by atoms with Gasteiger partial charge in [-0.3, -0.25) is 4.79 Å². The number of nitrogens with one attached hydrogen (secondary N) is 1. The molecule has 0 heterocycles. The summed E-state index contributed by atoms with van der Waals surface area (Å²) in [5, 5.41) is 11.5. The van der Waals surface area contributed by atoms with Gasteiger partial charge in [-0.2, -0.15) is 0 Å². The lowest BCUT2D eigenvalue weighted by Gasteiger charge is -2.38. The van der Waals surface area contributed by atoms with E-state index >= 15 is 0 Å². The molecule has 18 heavy (non-hydrogen) atoms. The second kappa shape index (κ2) is 5.75. The van der Waals surface area contributed by atoms with Crippen molar-refractivity contribution in [3.63, 3.8) is 0 Å². The van der Waals surface area contributed by atoms with E-state index in [-0.39, 0.29) is 12.4 Å². The average molecular weight is 283 g/mol. The fourth-order valence-corrected chi connectivity index (χ4v) is 0.956. The summed E-state index contributed by atoms with van der Waals surface area (Å²) in [6.07, 6.45) is -0.694. The third-order valence-corrected chi connectivity index (χ3v) is 2.56. The van der Waals surface area contributed by atoms with E-state index in [0.717, 1.165) is 0 Å². The summed E-state index contributed by atoms with van der Waals surface area (Å²) in [5.74, 6) is -1.20. The Kier molecular flexibility index (Phi) is 6.18. The molecular weight excluding hydrogens is 260 g/mol. The van der Waals surface area contributed by atoms with Crippen LogP contribution in [0.1, 0.15) is 41.5 Å². The van der Waals surface area contributed by atoms with Crippen LogP contribution in [0.2, 0.25) is 0 Å². The first-order valence-electron chi connectivity index (χ1n) is 5.33. The van der Waals surface area contributed by atoms with Crippen LogP contribution in [-0.2, 0) is 9.53 Å². The van der Waals surface area contributed by atoms with Gasteiger partial charge in [-0.25, -0.2) is 4.79 Å². The van der Waals surface area contributed by atoms with E-state index in [9.17, 15) is 9.59 Å². The van der Waals surface area contributed by atoms with Crippen LogP contribution in [0.4, 0.5) is 4.79 Å². The summed E-state index contributed by atoms with van der Waals surface area (Å²) in [6, 6.07) is 0. The van der Waals surface area contributed by atoms with Crippen molar-refractivity contribution in [2.45, 2.75) is 58.2 Å². The summed E-state index contributed by atoms with van der Waals surface area (Å²) in [5.41, 5.74) is 2.30. The number of ether oxygens (including phenoxy) is 1. The summed E-state index contributed by atoms with van der Waals surface area (Å²) in [4.78, 5) is 22.6. The predicted molar refractivity (Wildman–Crippen MR) is 70.9 cm³/mol. The average Bonchev–Trinajstić information content (AvgIpc) is 1.97. The Labute approximate surface area is 114 Å². The second-order valence-corrected chi connectivity index (χ2v) is 5.76. The summed E-state index contributed by atoms with van der Waals surface area (Å²) in [7, 11) is 0. The number of aliphatic carboxylic acids is 1. The monoisotopic (exact) mass is 282 g/mol. The van der Waals surface area contributed by atoms with E-state index in [1.54, 1.807) is 20.8 Å². The fraction of sp³-hybridized carbons (Fsp3) is 0.818. The van der Waals surface area contributed by atoms with Crippen molar-refractivity contribution in [1.29, 1.82) is 0 Å². The molecule has 1 atom stereocenters. The van der Waals surface area contributed by atoms with Gasteiger partial charge in [0.2, 0.25) is 0 Å². The second-order valence-electron chi connectivity index (χ2n) is 5.76. The number of carboxylic acid groups (broad SMARTS) is 1. The van der Waals surface area contributed by atoms with E-state index < -0.39 is 28.7 Å². The minimum atomic E-state index is -1.59. The number of carboxylic acids is 1. The maximum Gasteiger partial charge on any atom is 0.408 e. The molecule has 0 saturated heterocycles. The highest BCUT2D eigenvalue weighted by Gasteiger charge is 2.46. The highest BCUT2D eigenvalue weighted by molar-refractivity contribution is 5.85. The van der Waals surface area contributed by atoms with Crippen molar-refractivity contribution < 1.29 is 19.4 Å². The smallest absolute Gasteiger partial charge is 0.408 e. The minimum Gasteiger partial charge on any atom is -0.480 e. The number of carbonyl (C=O) groups excluding carboxylic acids is 1. The number of nitrogens with two attached hydrogens (primary N) is 1. The predicted octanol–water partition coefficient (Wildman–Crippen LogP) is 1.51. The van der Waals surface area contributed by atoms with Gasteiger partial charge in [-0.1, -0.05) is 0 Å². The maximum atomic E-state index is 11.6. The van der Waals surface area contributed by atoms with Crippen molar-refractivity contribution in [3.8, 4) is 0 Å². The molecule has 0 bridgehead atoms. The number of rotatable bonds is 3. The Morgan fingerprint density at radius 2 is 1.50 bits per heavy atom. The highest BCUT2D eigenvalue weighted by Crippen LogP contribution is 2.20. The van der Waals surface area contributed by atoms with Gasteiger partial charge in [0.25, 0.3) is 0 Å². The van der Waals surface area contributed by atoms with Gasteiger partial charge >= 0.3 is 12.1 Å². The van der Waals surface area contributed by atoms with E-state index in [4.69, 9.17) is 15.6 Å². The van der Waals surface area contributed by atoms with Gasteiger partial charge in [-0.15, -0.1) is 12.4 Å². The molecule has 0 aromatic rings. The van der Waals surface area contributed by atoms with Gasteiger partial charge in [0.1, 0.15) is 11.1 Å². The molecule has 0 spiro atoms. The number of carbonyl (C=O) groups is 2. The standard InChI is InChI=1S/C11H22N2O4.ClH/c1-9(2,3)17-8(16)13-10(4,5)11(6,12)7(14)15;/h12H2,1-6H3,(H,13,16)(H,14,15);1H. The van der Waals surface area contributed by atoms with Crippen LogP contribution in [0, 0.1) is 0 Å². The van der Waals surface area contributed by atoms with Crippen molar-refractivity contribution in [3.05, 3.63) is 0 Å². The molecule has 1 amide bonds. The Morgan fingerprint density at radius 1 is 1.11 bits per heavy atom. The lowest BCUT2D eigenvalue weighted by atomic mass is 9.82. The van der Waals surface area contributed by atoms with Crippen LogP contribution in [0.25, 0.3) is 0 Å². The summed E-state index contributed by atoms with van der Waals surface area (Å²) < 4.78 is 5.05. The third kappa shape index (κ3) is 5.10. The number of amides is 1. The van der Waals surface area contributed by atoms with Crippen LogP contribution in [-0.4, -0.2) is 33.8 Å². The van der Waals surface area contributed by atoms with Crippen molar-refractivity contribution in [1.82, 2.24) is 5.32 Å². The molecule has 0 saturated carbocycles.